The molecular weight excluding hydrogens is 363 g/mol. The van der Waals surface area contributed by atoms with Gasteiger partial charge in [-0.1, -0.05) is 38.5 Å². The second-order valence-corrected chi connectivity index (χ2v) is 7.62. The molecule has 0 spiro atoms. The molecule has 0 fully saturated rings. The molecular formula is C26H29FO2. The predicted octanol–water partition coefficient (Wildman–Crippen LogP) is 7.66. The van der Waals surface area contributed by atoms with Crippen LogP contribution in [0, 0.1) is 11.7 Å². The Morgan fingerprint density at radius 1 is 0.828 bits per heavy atom. The molecule has 0 aliphatic rings. The van der Waals surface area contributed by atoms with E-state index in [0.29, 0.717) is 18.3 Å². The first-order chi connectivity index (χ1) is 14.0. The van der Waals surface area contributed by atoms with Crippen LogP contribution in [0.25, 0.3) is 11.1 Å². The van der Waals surface area contributed by atoms with E-state index < -0.39 is 0 Å². The Labute approximate surface area is 173 Å². The third-order valence-electron chi connectivity index (χ3n) is 4.83. The van der Waals surface area contributed by atoms with Crippen molar-refractivity contribution in [2.45, 2.75) is 40.0 Å². The summed E-state index contributed by atoms with van der Waals surface area (Å²) in [5.74, 6) is 2.70. The maximum absolute atomic E-state index is 13.1. The lowest BCUT2D eigenvalue weighted by atomic mass is 9.94. The molecule has 3 aromatic carbocycles. The molecule has 0 atom stereocenters. The Kier molecular flexibility index (Phi) is 7.29. The van der Waals surface area contributed by atoms with E-state index in [0.717, 1.165) is 24.3 Å². The summed E-state index contributed by atoms with van der Waals surface area (Å²) in [6.45, 7) is 7.15. The van der Waals surface area contributed by atoms with E-state index in [-0.39, 0.29) is 5.82 Å². The average molecular weight is 393 g/mol. The van der Waals surface area contributed by atoms with Gasteiger partial charge < -0.3 is 9.47 Å². The summed E-state index contributed by atoms with van der Waals surface area (Å²) in [4.78, 5) is 0. The SMILES string of the molecule is CCOc1ccc(-c2ccc(Oc3ccc(F)cc3)cc2CCCC(C)C)cc1. The van der Waals surface area contributed by atoms with Crippen molar-refractivity contribution in [3.63, 3.8) is 0 Å². The van der Waals surface area contributed by atoms with Crippen molar-refractivity contribution in [1.82, 2.24) is 0 Å². The van der Waals surface area contributed by atoms with Gasteiger partial charge in [0.15, 0.2) is 0 Å². The number of hydrogen-bond donors (Lipinski definition) is 0. The van der Waals surface area contributed by atoms with Gasteiger partial charge in [-0.25, -0.2) is 4.39 Å². The average Bonchev–Trinajstić information content (AvgIpc) is 2.71. The standard InChI is InChI=1S/C26H29FO2/c1-4-28-23-12-8-20(9-13-23)26-17-16-25(18-21(26)7-5-6-19(2)3)29-24-14-10-22(27)11-15-24/h8-19H,4-7H2,1-3H3. The Balaban J connectivity index is 1.86. The Morgan fingerprint density at radius 2 is 1.48 bits per heavy atom. The number of benzene rings is 3. The molecule has 0 N–H and O–H groups in total. The zero-order valence-electron chi connectivity index (χ0n) is 17.5. The first kappa shape index (κ1) is 20.9. The first-order valence-corrected chi connectivity index (χ1v) is 10.3. The van der Waals surface area contributed by atoms with Crippen LogP contribution in [0.1, 0.15) is 39.2 Å². The van der Waals surface area contributed by atoms with Crippen LogP contribution < -0.4 is 9.47 Å². The maximum Gasteiger partial charge on any atom is 0.127 e. The topological polar surface area (TPSA) is 18.5 Å². The van der Waals surface area contributed by atoms with E-state index in [1.165, 1.54) is 35.2 Å². The van der Waals surface area contributed by atoms with Crippen LogP contribution in [0.2, 0.25) is 0 Å². The smallest absolute Gasteiger partial charge is 0.127 e. The largest absolute Gasteiger partial charge is 0.494 e. The minimum Gasteiger partial charge on any atom is -0.494 e. The van der Waals surface area contributed by atoms with Gasteiger partial charge in [0.2, 0.25) is 0 Å². The highest BCUT2D eigenvalue weighted by Gasteiger charge is 2.09. The molecule has 3 heteroatoms. The minimum atomic E-state index is -0.266. The number of aryl methyl sites for hydroxylation is 1. The number of halogens is 1. The van der Waals surface area contributed by atoms with E-state index in [4.69, 9.17) is 9.47 Å². The third kappa shape index (κ3) is 6.08. The van der Waals surface area contributed by atoms with Crippen LogP contribution in [0.5, 0.6) is 17.2 Å². The summed E-state index contributed by atoms with van der Waals surface area (Å²) in [5.41, 5.74) is 3.64. The van der Waals surface area contributed by atoms with Crippen LogP contribution in [0.3, 0.4) is 0 Å². The quantitative estimate of drug-likeness (QED) is 0.372. The van der Waals surface area contributed by atoms with Gasteiger partial charge in [-0.15, -0.1) is 0 Å². The molecule has 3 rings (SSSR count). The van der Waals surface area contributed by atoms with E-state index in [2.05, 4.69) is 38.1 Å². The number of hydrogen-bond acceptors (Lipinski definition) is 2. The molecule has 2 nitrogen and oxygen atoms in total. The molecule has 0 heterocycles. The Bertz CT molecular complexity index is 899. The highest BCUT2D eigenvalue weighted by atomic mass is 19.1. The van der Waals surface area contributed by atoms with Gasteiger partial charge in [0.05, 0.1) is 6.61 Å². The van der Waals surface area contributed by atoms with Crippen molar-refractivity contribution in [2.24, 2.45) is 5.92 Å². The van der Waals surface area contributed by atoms with Crippen LogP contribution in [0.4, 0.5) is 4.39 Å². The lowest BCUT2D eigenvalue weighted by Crippen LogP contribution is -1.96. The van der Waals surface area contributed by atoms with Crippen LogP contribution in [0.15, 0.2) is 66.7 Å². The molecule has 0 saturated heterocycles. The van der Waals surface area contributed by atoms with Crippen molar-refractivity contribution in [1.29, 1.82) is 0 Å². The molecule has 0 radical (unpaired) electrons. The van der Waals surface area contributed by atoms with Crippen molar-refractivity contribution in [3.05, 3.63) is 78.1 Å². The fraction of sp³-hybridized carbons (Fsp3) is 0.308. The van der Waals surface area contributed by atoms with Gasteiger partial charge in [-0.2, -0.15) is 0 Å². The summed E-state index contributed by atoms with van der Waals surface area (Å²) >= 11 is 0. The van der Waals surface area contributed by atoms with Crippen molar-refractivity contribution in [3.8, 4) is 28.4 Å². The molecule has 152 valence electrons. The molecule has 0 amide bonds. The maximum atomic E-state index is 13.1. The zero-order chi connectivity index (χ0) is 20.6. The summed E-state index contributed by atoms with van der Waals surface area (Å²) in [6.07, 6.45) is 3.30. The highest BCUT2D eigenvalue weighted by molar-refractivity contribution is 5.69. The molecule has 3 aromatic rings. The Morgan fingerprint density at radius 3 is 2.14 bits per heavy atom. The normalized spacial score (nSPS) is 10.9. The second kappa shape index (κ2) is 10.1. The van der Waals surface area contributed by atoms with Gasteiger partial charge in [0.1, 0.15) is 23.1 Å². The lowest BCUT2D eigenvalue weighted by molar-refractivity contribution is 0.340. The molecule has 0 aromatic heterocycles. The van der Waals surface area contributed by atoms with E-state index >= 15 is 0 Å². The summed E-state index contributed by atoms with van der Waals surface area (Å²) < 4.78 is 24.7. The van der Waals surface area contributed by atoms with Crippen LogP contribution in [-0.4, -0.2) is 6.61 Å². The first-order valence-electron chi connectivity index (χ1n) is 10.3. The van der Waals surface area contributed by atoms with Gasteiger partial charge in [0.25, 0.3) is 0 Å². The molecule has 0 aliphatic carbocycles. The second-order valence-electron chi connectivity index (χ2n) is 7.62. The van der Waals surface area contributed by atoms with Crippen molar-refractivity contribution in [2.75, 3.05) is 6.61 Å². The molecule has 0 saturated carbocycles. The monoisotopic (exact) mass is 392 g/mol. The zero-order valence-corrected chi connectivity index (χ0v) is 17.5. The predicted molar refractivity (Wildman–Crippen MR) is 117 cm³/mol. The van der Waals surface area contributed by atoms with Crippen LogP contribution >= 0.6 is 0 Å². The van der Waals surface area contributed by atoms with Crippen molar-refractivity contribution < 1.29 is 13.9 Å². The van der Waals surface area contributed by atoms with E-state index in [1.807, 2.05) is 25.1 Å². The fourth-order valence-corrected chi connectivity index (χ4v) is 3.36. The molecule has 0 bridgehead atoms. The molecule has 0 unspecified atom stereocenters. The summed E-state index contributed by atoms with van der Waals surface area (Å²) in [6, 6.07) is 20.5. The third-order valence-corrected chi connectivity index (χ3v) is 4.83. The Hall–Kier alpha value is -2.81. The highest BCUT2D eigenvalue weighted by Crippen LogP contribution is 2.32. The minimum absolute atomic E-state index is 0.266. The lowest BCUT2D eigenvalue weighted by Gasteiger charge is -2.14. The van der Waals surface area contributed by atoms with Gasteiger partial charge in [-0.05, 0) is 90.9 Å². The van der Waals surface area contributed by atoms with Gasteiger partial charge in [0, 0.05) is 0 Å². The van der Waals surface area contributed by atoms with Gasteiger partial charge >= 0.3 is 0 Å². The number of rotatable bonds is 9. The molecule has 0 aliphatic heterocycles. The summed E-state index contributed by atoms with van der Waals surface area (Å²) in [7, 11) is 0. The summed E-state index contributed by atoms with van der Waals surface area (Å²) in [5, 5.41) is 0. The van der Waals surface area contributed by atoms with Crippen LogP contribution in [-0.2, 0) is 6.42 Å². The number of ether oxygens (including phenoxy) is 2. The molecule has 29 heavy (non-hydrogen) atoms. The van der Waals surface area contributed by atoms with E-state index in [1.54, 1.807) is 12.1 Å². The fourth-order valence-electron chi connectivity index (χ4n) is 3.36. The van der Waals surface area contributed by atoms with E-state index in [9.17, 15) is 4.39 Å². The van der Waals surface area contributed by atoms with Gasteiger partial charge in [-0.3, -0.25) is 0 Å². The van der Waals surface area contributed by atoms with Crippen molar-refractivity contribution >= 4 is 0 Å².